The molecule has 4 rings (SSSR count). The molecular weight excluding hydrogens is 459 g/mol. The molecule has 3 amide bonds. The number of carbonyl (C=O) groups is 3. The molecule has 1 aliphatic heterocycles. The van der Waals surface area contributed by atoms with E-state index in [1.807, 2.05) is 12.1 Å². The van der Waals surface area contributed by atoms with E-state index < -0.39 is 11.7 Å². The average molecular weight is 483 g/mol. The summed E-state index contributed by atoms with van der Waals surface area (Å²) in [6.45, 7) is 1.46. The Morgan fingerprint density at radius 1 is 1.06 bits per heavy atom. The summed E-state index contributed by atoms with van der Waals surface area (Å²) < 4.78 is 13.0. The van der Waals surface area contributed by atoms with Crippen LogP contribution in [-0.2, 0) is 11.3 Å². The van der Waals surface area contributed by atoms with Crippen molar-refractivity contribution in [3.05, 3.63) is 70.2 Å². The predicted molar refractivity (Wildman–Crippen MR) is 124 cm³/mol. The summed E-state index contributed by atoms with van der Waals surface area (Å²) in [5.74, 6) is -1.02. The number of likely N-dealkylation sites (tertiary alicyclic amines) is 1. The van der Waals surface area contributed by atoms with E-state index in [0.717, 1.165) is 16.9 Å². The molecule has 1 saturated heterocycles. The Morgan fingerprint density at radius 3 is 2.50 bits per heavy atom. The van der Waals surface area contributed by atoms with Crippen LogP contribution in [0.15, 0.2) is 48.8 Å². The lowest BCUT2D eigenvalue weighted by Crippen LogP contribution is -2.39. The van der Waals surface area contributed by atoms with Crippen LogP contribution in [0.4, 0.5) is 10.1 Å². The van der Waals surface area contributed by atoms with Crippen LogP contribution >= 0.6 is 11.3 Å². The average Bonchev–Trinajstić information content (AvgIpc) is 3.35. The van der Waals surface area contributed by atoms with E-state index in [9.17, 15) is 18.8 Å². The van der Waals surface area contributed by atoms with Crippen LogP contribution < -0.4 is 10.6 Å². The molecule has 9 nitrogen and oxygen atoms in total. The lowest BCUT2D eigenvalue weighted by molar-refractivity contribution is -0.122. The van der Waals surface area contributed by atoms with E-state index in [2.05, 4.69) is 25.8 Å². The molecule has 0 atom stereocenters. The van der Waals surface area contributed by atoms with Crippen molar-refractivity contribution in [2.24, 2.45) is 5.92 Å². The molecule has 176 valence electrons. The zero-order valence-corrected chi connectivity index (χ0v) is 19.1. The van der Waals surface area contributed by atoms with Gasteiger partial charge in [-0.25, -0.2) is 4.39 Å². The molecule has 0 radical (unpaired) electrons. The molecule has 0 saturated carbocycles. The summed E-state index contributed by atoms with van der Waals surface area (Å²) in [7, 11) is 0. The number of anilines is 1. The van der Waals surface area contributed by atoms with Gasteiger partial charge in [0, 0.05) is 44.1 Å². The molecule has 1 fully saturated rings. The molecule has 1 aliphatic rings. The second-order valence-corrected chi connectivity index (χ2v) is 8.93. The van der Waals surface area contributed by atoms with Crippen molar-refractivity contribution < 1.29 is 18.8 Å². The summed E-state index contributed by atoms with van der Waals surface area (Å²) >= 11 is 0.912. The highest BCUT2D eigenvalue weighted by Crippen LogP contribution is 2.23. The summed E-state index contributed by atoms with van der Waals surface area (Å²) in [6, 6.07) is 9.07. The van der Waals surface area contributed by atoms with Crippen LogP contribution in [-0.4, -0.2) is 50.9 Å². The van der Waals surface area contributed by atoms with Crippen LogP contribution in [0, 0.1) is 11.7 Å². The quantitative estimate of drug-likeness (QED) is 0.535. The molecule has 0 unspecified atom stereocenters. The van der Waals surface area contributed by atoms with E-state index in [1.54, 1.807) is 17.3 Å². The summed E-state index contributed by atoms with van der Waals surface area (Å²) in [5, 5.41) is 13.4. The predicted octanol–water partition coefficient (Wildman–Crippen LogP) is 2.88. The molecular formula is C23H23FN6O3S. The Labute approximate surface area is 199 Å². The van der Waals surface area contributed by atoms with Crippen LogP contribution in [0.25, 0.3) is 0 Å². The monoisotopic (exact) mass is 482 g/mol. The number of nitrogens with one attached hydrogen (secondary N) is 2. The molecule has 3 heterocycles. The Kier molecular flexibility index (Phi) is 7.53. The van der Waals surface area contributed by atoms with Gasteiger partial charge in [0.25, 0.3) is 11.8 Å². The number of nitrogens with zero attached hydrogens (tertiary/aromatic N) is 4. The first kappa shape index (κ1) is 23.4. The van der Waals surface area contributed by atoms with Crippen molar-refractivity contribution in [3.8, 4) is 0 Å². The van der Waals surface area contributed by atoms with Crippen molar-refractivity contribution in [2.45, 2.75) is 25.8 Å². The molecule has 0 aliphatic carbocycles. The normalized spacial score (nSPS) is 14.0. The van der Waals surface area contributed by atoms with Gasteiger partial charge in [-0.3, -0.25) is 19.4 Å². The van der Waals surface area contributed by atoms with Gasteiger partial charge >= 0.3 is 0 Å². The number of aromatic nitrogens is 3. The van der Waals surface area contributed by atoms with Gasteiger partial charge in [0.15, 0.2) is 0 Å². The third-order valence-electron chi connectivity index (χ3n) is 5.49. The highest BCUT2D eigenvalue weighted by atomic mass is 32.1. The molecule has 0 spiro atoms. The fourth-order valence-electron chi connectivity index (χ4n) is 3.63. The molecule has 2 aromatic heterocycles. The SMILES string of the molecule is O=C(CC1CCN(C(=O)c2nnc(C(=O)Nc3ccc(F)cc3)s2)CC1)NCc1cccnc1. The van der Waals surface area contributed by atoms with Crippen molar-refractivity contribution in [1.29, 1.82) is 0 Å². The Morgan fingerprint density at radius 2 is 1.79 bits per heavy atom. The van der Waals surface area contributed by atoms with Crippen LogP contribution in [0.2, 0.25) is 0 Å². The van der Waals surface area contributed by atoms with Gasteiger partial charge in [-0.1, -0.05) is 17.4 Å². The number of carbonyl (C=O) groups excluding carboxylic acids is 3. The number of amides is 3. The number of rotatable bonds is 7. The first-order chi connectivity index (χ1) is 16.5. The van der Waals surface area contributed by atoms with E-state index in [4.69, 9.17) is 0 Å². The highest BCUT2D eigenvalue weighted by Gasteiger charge is 2.28. The second-order valence-electron chi connectivity index (χ2n) is 7.95. The smallest absolute Gasteiger partial charge is 0.286 e. The van der Waals surface area contributed by atoms with Crippen molar-refractivity contribution in [3.63, 3.8) is 0 Å². The number of pyridine rings is 1. The third kappa shape index (κ3) is 6.19. The van der Waals surface area contributed by atoms with Gasteiger partial charge in [0.1, 0.15) is 5.82 Å². The van der Waals surface area contributed by atoms with Gasteiger partial charge in [-0.05, 0) is 54.7 Å². The van der Waals surface area contributed by atoms with Crippen LogP contribution in [0.3, 0.4) is 0 Å². The van der Waals surface area contributed by atoms with Crippen molar-refractivity contribution in [1.82, 2.24) is 25.4 Å². The highest BCUT2D eigenvalue weighted by molar-refractivity contribution is 7.15. The van der Waals surface area contributed by atoms with Crippen molar-refractivity contribution in [2.75, 3.05) is 18.4 Å². The molecule has 2 N–H and O–H groups in total. The van der Waals surface area contributed by atoms with Gasteiger partial charge in [-0.2, -0.15) is 0 Å². The zero-order valence-electron chi connectivity index (χ0n) is 18.2. The lowest BCUT2D eigenvalue weighted by Gasteiger charge is -2.31. The Hall–Kier alpha value is -3.73. The maximum Gasteiger partial charge on any atom is 0.286 e. The lowest BCUT2D eigenvalue weighted by atomic mass is 9.93. The minimum absolute atomic E-state index is 0.0189. The summed E-state index contributed by atoms with van der Waals surface area (Å²) in [6.07, 6.45) is 5.24. The summed E-state index contributed by atoms with van der Waals surface area (Å²) in [4.78, 5) is 43.1. The van der Waals surface area contributed by atoms with Crippen LogP contribution in [0.5, 0.6) is 0 Å². The minimum atomic E-state index is -0.515. The van der Waals surface area contributed by atoms with Crippen molar-refractivity contribution >= 4 is 34.7 Å². The van der Waals surface area contributed by atoms with E-state index in [1.165, 1.54) is 24.3 Å². The standard InChI is InChI=1S/C23H23FN6O3S/c24-17-3-5-18(6-4-17)27-20(32)21-28-29-22(34-21)23(33)30-10-7-15(8-11-30)12-19(31)26-14-16-2-1-9-25-13-16/h1-6,9,13,15H,7-8,10-12,14H2,(H,26,31)(H,27,32). The molecule has 3 aromatic rings. The van der Waals surface area contributed by atoms with Gasteiger partial charge in [-0.15, -0.1) is 10.2 Å². The minimum Gasteiger partial charge on any atom is -0.352 e. The molecule has 0 bridgehead atoms. The molecule has 34 heavy (non-hydrogen) atoms. The zero-order chi connectivity index (χ0) is 23.9. The fourth-order valence-corrected chi connectivity index (χ4v) is 4.34. The number of hydrogen-bond acceptors (Lipinski definition) is 7. The van der Waals surface area contributed by atoms with Gasteiger partial charge in [0.05, 0.1) is 0 Å². The van der Waals surface area contributed by atoms with Gasteiger partial charge in [0.2, 0.25) is 15.9 Å². The maximum atomic E-state index is 13.0. The number of hydrogen-bond donors (Lipinski definition) is 2. The van der Waals surface area contributed by atoms with E-state index in [0.29, 0.717) is 44.6 Å². The first-order valence-corrected chi connectivity index (χ1v) is 11.6. The van der Waals surface area contributed by atoms with E-state index >= 15 is 0 Å². The number of piperidine rings is 1. The fraction of sp³-hybridized carbons (Fsp3) is 0.304. The first-order valence-electron chi connectivity index (χ1n) is 10.8. The molecule has 1 aromatic carbocycles. The molecule has 11 heteroatoms. The topological polar surface area (TPSA) is 117 Å². The van der Waals surface area contributed by atoms with E-state index in [-0.39, 0.29) is 27.7 Å². The Bertz CT molecular complexity index is 1150. The second kappa shape index (κ2) is 10.9. The number of benzene rings is 1. The number of halogens is 1. The largest absolute Gasteiger partial charge is 0.352 e. The third-order valence-corrected chi connectivity index (χ3v) is 6.40. The maximum absolute atomic E-state index is 13.0. The van der Waals surface area contributed by atoms with Crippen LogP contribution in [0.1, 0.15) is 44.4 Å². The summed E-state index contributed by atoms with van der Waals surface area (Å²) in [5.41, 5.74) is 1.36. The Balaban J connectivity index is 1.23. The van der Waals surface area contributed by atoms with Gasteiger partial charge < -0.3 is 15.5 Å².